The molecule has 0 unspecified atom stereocenters. The summed E-state index contributed by atoms with van der Waals surface area (Å²) in [5, 5.41) is 2.80. The van der Waals surface area contributed by atoms with E-state index in [9.17, 15) is 17.6 Å². The van der Waals surface area contributed by atoms with Crippen LogP contribution in [-0.4, -0.2) is 27.7 Å². The van der Waals surface area contributed by atoms with E-state index in [2.05, 4.69) is 10.0 Å². The second-order valence-electron chi connectivity index (χ2n) is 6.26. The van der Waals surface area contributed by atoms with Crippen molar-refractivity contribution in [2.45, 2.75) is 25.4 Å². The van der Waals surface area contributed by atoms with Gasteiger partial charge in [-0.05, 0) is 42.3 Å². The summed E-state index contributed by atoms with van der Waals surface area (Å²) in [6.45, 7) is 1.78. The minimum Gasteiger partial charge on any atom is -0.497 e. The monoisotopic (exact) mass is 394 g/mol. The van der Waals surface area contributed by atoms with E-state index in [1.54, 1.807) is 43.3 Å². The van der Waals surface area contributed by atoms with Crippen LogP contribution in [0.5, 0.6) is 5.75 Å². The number of rotatable bonds is 8. The molecule has 8 heteroatoms. The van der Waals surface area contributed by atoms with Crippen molar-refractivity contribution in [1.29, 1.82) is 0 Å². The zero-order valence-electron chi connectivity index (χ0n) is 15.4. The van der Waals surface area contributed by atoms with E-state index in [1.165, 1.54) is 19.2 Å². The maximum atomic E-state index is 13.0. The molecular weight excluding hydrogens is 371 g/mol. The zero-order chi connectivity index (χ0) is 20.0. The summed E-state index contributed by atoms with van der Waals surface area (Å²) in [5.41, 5.74) is 1.40. The Kier molecular flexibility index (Phi) is 6.92. The first kappa shape index (κ1) is 20.9. The molecule has 2 rings (SSSR count). The molecule has 2 N–H and O–H groups in total. The molecule has 0 aromatic heterocycles. The van der Waals surface area contributed by atoms with Crippen molar-refractivity contribution in [3.8, 4) is 5.75 Å². The van der Waals surface area contributed by atoms with Crippen LogP contribution in [0.4, 0.5) is 4.39 Å². The Hall–Kier alpha value is -2.45. The van der Waals surface area contributed by atoms with Gasteiger partial charge < -0.3 is 10.1 Å². The summed E-state index contributed by atoms with van der Waals surface area (Å²) in [4.78, 5) is 12.4. The molecule has 27 heavy (non-hydrogen) atoms. The molecule has 0 saturated carbocycles. The maximum absolute atomic E-state index is 13.0. The Balaban J connectivity index is 2.11. The highest BCUT2D eigenvalue weighted by Gasteiger charge is 2.21. The third kappa shape index (κ3) is 6.65. The molecule has 0 radical (unpaired) electrons. The normalized spacial score (nSPS) is 13.6. The molecular formula is C19H23FN2O4S. The lowest BCUT2D eigenvalue weighted by Gasteiger charge is -2.20. The van der Waals surface area contributed by atoms with Crippen molar-refractivity contribution in [3.05, 3.63) is 65.5 Å². The van der Waals surface area contributed by atoms with Gasteiger partial charge in [-0.15, -0.1) is 0 Å². The molecule has 0 bridgehead atoms. The number of amides is 1. The number of sulfonamides is 1. The van der Waals surface area contributed by atoms with E-state index in [4.69, 9.17) is 4.74 Å². The van der Waals surface area contributed by atoms with Crippen molar-refractivity contribution < 1.29 is 22.3 Å². The van der Waals surface area contributed by atoms with Gasteiger partial charge in [0.05, 0.1) is 25.4 Å². The number of carbonyl (C=O) groups excluding carboxylic acids is 1. The Labute approximate surface area is 158 Å². The van der Waals surface area contributed by atoms with E-state index >= 15 is 0 Å². The second kappa shape index (κ2) is 8.96. The van der Waals surface area contributed by atoms with Crippen molar-refractivity contribution >= 4 is 15.9 Å². The Morgan fingerprint density at radius 2 is 1.63 bits per heavy atom. The van der Waals surface area contributed by atoms with Crippen LogP contribution in [0, 0.1) is 5.82 Å². The molecule has 0 heterocycles. The lowest BCUT2D eigenvalue weighted by molar-refractivity contribution is -0.122. The van der Waals surface area contributed by atoms with E-state index in [1.807, 2.05) is 0 Å². The van der Waals surface area contributed by atoms with Gasteiger partial charge in [0.25, 0.3) is 0 Å². The van der Waals surface area contributed by atoms with Crippen LogP contribution in [0.2, 0.25) is 0 Å². The van der Waals surface area contributed by atoms with Crippen molar-refractivity contribution in [2.24, 2.45) is 0 Å². The fourth-order valence-corrected chi connectivity index (χ4v) is 3.38. The molecule has 2 aromatic rings. The molecule has 0 fully saturated rings. The Bertz CT molecular complexity index is 868. The molecule has 0 spiro atoms. The predicted octanol–water partition coefficient (Wildman–Crippen LogP) is 2.69. The van der Waals surface area contributed by atoms with Crippen LogP contribution >= 0.6 is 0 Å². The first-order valence-corrected chi connectivity index (χ1v) is 10.2. The van der Waals surface area contributed by atoms with Crippen molar-refractivity contribution in [1.82, 2.24) is 10.0 Å². The Morgan fingerprint density at radius 1 is 1.07 bits per heavy atom. The first-order chi connectivity index (χ1) is 12.7. The topological polar surface area (TPSA) is 84.5 Å². The first-order valence-electron chi connectivity index (χ1n) is 8.34. The van der Waals surface area contributed by atoms with Crippen LogP contribution in [0.1, 0.15) is 36.6 Å². The number of benzene rings is 2. The van der Waals surface area contributed by atoms with Crippen molar-refractivity contribution in [2.75, 3.05) is 13.4 Å². The highest BCUT2D eigenvalue weighted by Crippen LogP contribution is 2.22. The summed E-state index contributed by atoms with van der Waals surface area (Å²) in [7, 11) is -1.99. The number of hydrogen-bond acceptors (Lipinski definition) is 4. The third-order valence-electron chi connectivity index (χ3n) is 4.01. The van der Waals surface area contributed by atoms with Gasteiger partial charge in [0.15, 0.2) is 0 Å². The van der Waals surface area contributed by atoms with E-state index < -0.39 is 16.1 Å². The number of methoxy groups -OCH3 is 1. The highest BCUT2D eigenvalue weighted by atomic mass is 32.2. The number of nitrogens with one attached hydrogen (secondary N) is 2. The fourth-order valence-electron chi connectivity index (χ4n) is 2.64. The molecule has 0 aliphatic heterocycles. The lowest BCUT2D eigenvalue weighted by Crippen LogP contribution is -2.34. The van der Waals surface area contributed by atoms with Gasteiger partial charge in [-0.25, -0.2) is 17.5 Å². The maximum Gasteiger partial charge on any atom is 0.222 e. The van der Waals surface area contributed by atoms with Crippen LogP contribution in [0.25, 0.3) is 0 Å². The highest BCUT2D eigenvalue weighted by molar-refractivity contribution is 7.88. The molecule has 1 amide bonds. The Morgan fingerprint density at radius 3 is 2.15 bits per heavy atom. The van der Waals surface area contributed by atoms with Gasteiger partial charge >= 0.3 is 0 Å². The summed E-state index contributed by atoms with van der Waals surface area (Å²) >= 11 is 0. The van der Waals surface area contributed by atoms with Gasteiger partial charge in [0.2, 0.25) is 15.9 Å². The number of carbonyl (C=O) groups is 1. The summed E-state index contributed by atoms with van der Waals surface area (Å²) < 4.78 is 44.0. The van der Waals surface area contributed by atoms with Gasteiger partial charge in [-0.3, -0.25) is 4.79 Å². The number of hydrogen-bond donors (Lipinski definition) is 2. The second-order valence-corrected chi connectivity index (χ2v) is 8.04. The van der Waals surface area contributed by atoms with Crippen LogP contribution < -0.4 is 14.8 Å². The number of ether oxygens (including phenoxy) is 1. The molecule has 0 aliphatic carbocycles. The molecule has 0 aliphatic rings. The molecule has 6 nitrogen and oxygen atoms in total. The standard InChI is InChI=1S/C19H23FN2O4S/c1-13(14-4-8-16(20)9-5-14)21-19(23)12-18(22-27(3,24)25)15-6-10-17(26-2)11-7-15/h4-11,13,18,22H,12H2,1-3H3,(H,21,23)/t13-,18-/m0/s1. The number of halogens is 1. The lowest BCUT2D eigenvalue weighted by atomic mass is 10.0. The minimum atomic E-state index is -3.52. The average Bonchev–Trinajstić information content (AvgIpc) is 2.60. The SMILES string of the molecule is COc1ccc([C@H](CC(=O)N[C@@H](C)c2ccc(F)cc2)NS(C)(=O)=O)cc1. The third-order valence-corrected chi connectivity index (χ3v) is 4.72. The van der Waals surface area contributed by atoms with Crippen LogP contribution in [-0.2, 0) is 14.8 Å². The quantitative estimate of drug-likeness (QED) is 0.721. The van der Waals surface area contributed by atoms with Gasteiger partial charge in [-0.2, -0.15) is 0 Å². The van der Waals surface area contributed by atoms with Crippen molar-refractivity contribution in [3.63, 3.8) is 0 Å². The summed E-state index contributed by atoms with van der Waals surface area (Å²) in [6, 6.07) is 11.6. The van der Waals surface area contributed by atoms with E-state index in [0.717, 1.165) is 11.8 Å². The van der Waals surface area contributed by atoms with Gasteiger partial charge in [0.1, 0.15) is 11.6 Å². The van der Waals surface area contributed by atoms with Gasteiger partial charge in [-0.1, -0.05) is 24.3 Å². The fraction of sp³-hybridized carbons (Fsp3) is 0.316. The molecule has 2 aromatic carbocycles. The zero-order valence-corrected chi connectivity index (χ0v) is 16.2. The predicted molar refractivity (Wildman–Crippen MR) is 101 cm³/mol. The van der Waals surface area contributed by atoms with Crippen LogP contribution in [0.3, 0.4) is 0 Å². The largest absolute Gasteiger partial charge is 0.497 e. The minimum absolute atomic E-state index is 0.0784. The average molecular weight is 394 g/mol. The van der Waals surface area contributed by atoms with Crippen LogP contribution in [0.15, 0.2) is 48.5 Å². The summed E-state index contributed by atoms with van der Waals surface area (Å²) in [6.07, 6.45) is 0.966. The molecule has 0 saturated heterocycles. The molecule has 2 atom stereocenters. The van der Waals surface area contributed by atoms with E-state index in [-0.39, 0.29) is 24.2 Å². The molecule has 146 valence electrons. The van der Waals surface area contributed by atoms with E-state index in [0.29, 0.717) is 11.3 Å². The smallest absolute Gasteiger partial charge is 0.222 e. The van der Waals surface area contributed by atoms with Gasteiger partial charge in [0, 0.05) is 6.42 Å². The summed E-state index contributed by atoms with van der Waals surface area (Å²) in [5.74, 6) is -0.0516.